The van der Waals surface area contributed by atoms with E-state index >= 15 is 4.39 Å². The van der Waals surface area contributed by atoms with Crippen LogP contribution in [0.1, 0.15) is 147 Å². The molecule has 2 aliphatic carbocycles. The maximum Gasteiger partial charge on any atom is 0.191 e. The smallest absolute Gasteiger partial charge is 0.191 e. The molecule has 2 N–H and O–H groups in total. The molecule has 0 radical (unpaired) electrons. The molecule has 2 saturated carbocycles. The Morgan fingerprint density at radius 1 is 0.692 bits per heavy atom. The lowest BCUT2D eigenvalue weighted by Crippen LogP contribution is -2.44. The first-order valence-electron chi connectivity index (χ1n) is 25.6. The van der Waals surface area contributed by atoms with Gasteiger partial charge in [0.2, 0.25) is 0 Å². The summed E-state index contributed by atoms with van der Waals surface area (Å²) < 4.78 is 36.5. The van der Waals surface area contributed by atoms with E-state index in [4.69, 9.17) is 13.6 Å². The number of rotatable bonds is 22. The van der Waals surface area contributed by atoms with Crippen molar-refractivity contribution >= 4 is 16.6 Å². The van der Waals surface area contributed by atoms with Crippen molar-refractivity contribution in [3.63, 3.8) is 0 Å². The molecule has 2 fully saturated rings. The van der Waals surface area contributed by atoms with E-state index in [9.17, 15) is 10.2 Å². The lowest BCUT2D eigenvalue weighted by Gasteiger charge is -2.39. The van der Waals surface area contributed by atoms with Crippen molar-refractivity contribution in [3.05, 3.63) is 89.3 Å². The van der Waals surface area contributed by atoms with Crippen LogP contribution in [0.5, 0.6) is 5.75 Å². The monoisotopic (exact) mass is 929 g/mol. The van der Waals surface area contributed by atoms with Crippen LogP contribution in [0.15, 0.2) is 61.2 Å². The predicted molar refractivity (Wildman–Crippen MR) is 278 cm³/mol. The Morgan fingerprint density at radius 2 is 1.20 bits per heavy atom. The van der Waals surface area contributed by atoms with Gasteiger partial charge >= 0.3 is 0 Å². The normalized spacial score (nSPS) is 20.0. The fourth-order valence-electron chi connectivity index (χ4n) is 9.76. The van der Waals surface area contributed by atoms with E-state index in [0.717, 1.165) is 82.2 Å². The number of aryl methyl sites for hydroxylation is 3. The Kier molecular flexibility index (Phi) is 19.4. The molecule has 0 aromatic heterocycles. The van der Waals surface area contributed by atoms with Crippen LogP contribution < -0.4 is 4.74 Å². The molecule has 3 aromatic rings. The molecule has 0 unspecified atom stereocenters. The Hall–Kier alpha value is -2.60. The third kappa shape index (κ3) is 14.2. The first-order valence-corrected chi connectivity index (χ1v) is 31.4. The van der Waals surface area contributed by atoms with E-state index in [1.54, 1.807) is 0 Å². The molecule has 5 nitrogen and oxygen atoms in total. The molecule has 8 heteroatoms. The highest BCUT2D eigenvalue weighted by Crippen LogP contribution is 2.45. The minimum absolute atomic E-state index is 0.0883. The van der Waals surface area contributed by atoms with Gasteiger partial charge in [-0.05, 0) is 207 Å². The van der Waals surface area contributed by atoms with Crippen LogP contribution in [-0.4, -0.2) is 59.9 Å². The van der Waals surface area contributed by atoms with Gasteiger partial charge in [-0.15, -0.1) is 6.58 Å². The Balaban J connectivity index is 1.35. The van der Waals surface area contributed by atoms with Gasteiger partial charge < -0.3 is 23.8 Å². The molecule has 0 heterocycles. The van der Waals surface area contributed by atoms with Crippen LogP contribution in [0.2, 0.25) is 36.3 Å². The molecule has 0 saturated heterocycles. The van der Waals surface area contributed by atoms with Crippen molar-refractivity contribution < 1.29 is 28.2 Å². The lowest BCUT2D eigenvalue weighted by atomic mass is 9.68. The number of hydrogen-bond acceptors (Lipinski definition) is 5. The van der Waals surface area contributed by atoms with E-state index in [0.29, 0.717) is 62.9 Å². The second kappa shape index (κ2) is 23.6. The highest BCUT2D eigenvalue weighted by Gasteiger charge is 2.40. The van der Waals surface area contributed by atoms with Gasteiger partial charge in [-0.1, -0.05) is 84.9 Å². The summed E-state index contributed by atoms with van der Waals surface area (Å²) in [6.07, 6.45) is 16.4. The summed E-state index contributed by atoms with van der Waals surface area (Å²) in [5.41, 5.74) is 8.21. The highest BCUT2D eigenvalue weighted by atomic mass is 28.4. The molecule has 0 aliphatic heterocycles. The Morgan fingerprint density at radius 3 is 1.68 bits per heavy atom. The Labute approximate surface area is 397 Å². The minimum atomic E-state index is -1.97. The topological polar surface area (TPSA) is 68.2 Å². The minimum Gasteiger partial charge on any atom is -0.493 e. The summed E-state index contributed by atoms with van der Waals surface area (Å²) >= 11 is 0. The van der Waals surface area contributed by atoms with Crippen LogP contribution in [0.25, 0.3) is 22.3 Å². The van der Waals surface area contributed by atoms with E-state index in [1.807, 2.05) is 12.1 Å². The fourth-order valence-corrected chi connectivity index (χ4v) is 11.9. The summed E-state index contributed by atoms with van der Waals surface area (Å²) in [6.45, 7) is 31.1. The summed E-state index contributed by atoms with van der Waals surface area (Å²) in [5, 5.41) is 20.2. The van der Waals surface area contributed by atoms with E-state index in [2.05, 4.69) is 124 Å². The molecular formula is C57H89FO5Si2. The van der Waals surface area contributed by atoms with Crippen LogP contribution >= 0.6 is 0 Å². The van der Waals surface area contributed by atoms with Crippen molar-refractivity contribution in [2.45, 2.75) is 181 Å². The summed E-state index contributed by atoms with van der Waals surface area (Å²) in [5.74, 6) is 3.73. The fraction of sp³-hybridized carbons (Fsp3) is 0.649. The zero-order chi connectivity index (χ0) is 47.6. The summed E-state index contributed by atoms with van der Waals surface area (Å²) in [7, 11) is -3.95. The number of aliphatic hydroxyl groups excluding tert-OH is 2. The molecule has 65 heavy (non-hydrogen) atoms. The first-order chi connectivity index (χ1) is 30.7. The SMILES string of the molecule is C=CC1CCC(C2CCC(c3ccc(-c4ccc(-c5cc(CCCO)c(OCCC(CO[Si](C)(C)C(C)(C)C)CO[Si](C)(C)C(C)(C)C)c(CCCO)c5)c(CC)c4)c(F)c3)CC2)CC1. The number of aliphatic hydroxyl groups is 2. The third-order valence-corrected chi connectivity index (χ3v) is 25.4. The molecule has 0 amide bonds. The zero-order valence-corrected chi connectivity index (χ0v) is 44.7. The van der Waals surface area contributed by atoms with Crippen molar-refractivity contribution in [3.8, 4) is 28.0 Å². The van der Waals surface area contributed by atoms with Crippen molar-refractivity contribution in [1.82, 2.24) is 0 Å². The number of halogens is 1. The zero-order valence-electron chi connectivity index (χ0n) is 42.7. The maximum absolute atomic E-state index is 16.1. The highest BCUT2D eigenvalue weighted by molar-refractivity contribution is 6.74. The maximum atomic E-state index is 16.1. The van der Waals surface area contributed by atoms with Crippen LogP contribution in [0.4, 0.5) is 4.39 Å². The standard InChI is InChI=1S/C57H89FO5Si2/c1-13-41-19-21-44(22-20-41)45-23-25-46(26-24-45)47-27-30-53(54(58)38-47)48-28-29-52(43(14-2)35-48)51-36-49(17-15-32-59)55(50(37-51)18-16-33-60)61-34-31-42(39-62-64(9,10)56(3,4)5)40-63-65(11,12)57(6,7)8/h13,27-30,35-38,41-42,44-46,59-60H,1,14-26,31-34,39-40H2,2-12H3. The predicted octanol–water partition coefficient (Wildman–Crippen LogP) is 15.3. The number of benzene rings is 3. The third-order valence-electron chi connectivity index (χ3n) is 16.4. The van der Waals surface area contributed by atoms with Crippen molar-refractivity contribution in [1.29, 1.82) is 0 Å². The molecule has 362 valence electrons. The second-order valence-corrected chi connectivity index (χ2v) is 32.5. The molecule has 2 aliphatic rings. The Bertz CT molecular complexity index is 1900. The van der Waals surface area contributed by atoms with E-state index < -0.39 is 16.6 Å². The molecular weight excluding hydrogens is 840 g/mol. The molecule has 0 spiro atoms. The summed E-state index contributed by atoms with van der Waals surface area (Å²) in [4.78, 5) is 0. The van der Waals surface area contributed by atoms with Gasteiger partial charge in [0.15, 0.2) is 16.6 Å². The summed E-state index contributed by atoms with van der Waals surface area (Å²) in [6, 6.07) is 16.9. The van der Waals surface area contributed by atoms with E-state index in [-0.39, 0.29) is 35.0 Å². The van der Waals surface area contributed by atoms with Gasteiger partial charge in [-0.2, -0.15) is 0 Å². The van der Waals surface area contributed by atoms with Gasteiger partial charge in [-0.3, -0.25) is 0 Å². The largest absolute Gasteiger partial charge is 0.493 e. The molecule has 0 atom stereocenters. The van der Waals surface area contributed by atoms with Crippen molar-refractivity contribution in [2.24, 2.45) is 23.7 Å². The van der Waals surface area contributed by atoms with Gasteiger partial charge in [0.05, 0.1) is 6.61 Å². The van der Waals surface area contributed by atoms with Crippen LogP contribution in [-0.2, 0) is 28.1 Å². The molecule has 0 bridgehead atoms. The van der Waals surface area contributed by atoms with E-state index in [1.165, 1.54) is 38.5 Å². The number of allylic oxidation sites excluding steroid dienone is 1. The van der Waals surface area contributed by atoms with Crippen molar-refractivity contribution in [2.75, 3.05) is 33.0 Å². The van der Waals surface area contributed by atoms with Gasteiger partial charge in [-0.25, -0.2) is 4.39 Å². The quantitative estimate of drug-likeness (QED) is 0.0776. The van der Waals surface area contributed by atoms with Gasteiger partial charge in [0, 0.05) is 37.9 Å². The number of ether oxygens (including phenoxy) is 1. The average molecular weight is 930 g/mol. The van der Waals surface area contributed by atoms with Gasteiger partial charge in [0.1, 0.15) is 11.6 Å². The lowest BCUT2D eigenvalue weighted by molar-refractivity contribution is 0.135. The van der Waals surface area contributed by atoms with Crippen LogP contribution in [0, 0.1) is 29.5 Å². The first kappa shape index (κ1) is 53.4. The number of hydrogen-bond donors (Lipinski definition) is 2. The van der Waals surface area contributed by atoms with Crippen LogP contribution in [0.3, 0.4) is 0 Å². The molecule has 3 aromatic carbocycles. The molecule has 5 rings (SSSR count). The van der Waals surface area contributed by atoms with Gasteiger partial charge in [0.25, 0.3) is 0 Å². The average Bonchev–Trinajstić information content (AvgIpc) is 3.27. The second-order valence-electron chi connectivity index (χ2n) is 22.9.